The van der Waals surface area contributed by atoms with Gasteiger partial charge in [0.15, 0.2) is 10.4 Å². The average molecular weight is 441 g/mol. The van der Waals surface area contributed by atoms with Crippen LogP contribution < -0.4 is 5.32 Å². The summed E-state index contributed by atoms with van der Waals surface area (Å²) in [5.41, 5.74) is 0.502. The maximum Gasteiger partial charge on any atom is 0.291 e. The third kappa shape index (κ3) is 4.19. The zero-order valence-electron chi connectivity index (χ0n) is 14.6. The minimum Gasteiger partial charge on any atom is -0.444 e. The highest BCUT2D eigenvalue weighted by Crippen LogP contribution is 2.27. The van der Waals surface area contributed by atoms with Gasteiger partial charge in [-0.1, -0.05) is 13.8 Å². The Morgan fingerprint density at radius 3 is 2.27 bits per heavy atom. The lowest BCUT2D eigenvalue weighted by Crippen LogP contribution is -2.42. The van der Waals surface area contributed by atoms with E-state index in [-0.39, 0.29) is 10.7 Å². The molecule has 8 heteroatoms. The molecule has 1 saturated heterocycles. The Kier molecular flexibility index (Phi) is 5.55. The second-order valence-corrected chi connectivity index (χ2v) is 9.57. The molecule has 2 aromatic rings. The minimum absolute atomic E-state index is 0.171. The van der Waals surface area contributed by atoms with Gasteiger partial charge >= 0.3 is 0 Å². The normalized spacial score (nSPS) is 21.5. The molecule has 2 heterocycles. The number of rotatable bonds is 4. The molecule has 1 N–H and O–H groups in total. The average Bonchev–Trinajstić information content (AvgIpc) is 3.01. The lowest BCUT2D eigenvalue weighted by Gasteiger charge is -2.34. The van der Waals surface area contributed by atoms with Crippen LogP contribution in [-0.2, 0) is 10.0 Å². The Labute approximate surface area is 161 Å². The molecule has 6 nitrogen and oxygen atoms in total. The molecule has 0 bridgehead atoms. The number of piperidine rings is 1. The van der Waals surface area contributed by atoms with E-state index < -0.39 is 15.9 Å². The number of carbonyl (C=O) groups excluding carboxylic acids is 1. The van der Waals surface area contributed by atoms with Crippen LogP contribution in [0.15, 0.2) is 50.4 Å². The van der Waals surface area contributed by atoms with Crippen molar-refractivity contribution in [1.82, 2.24) is 4.31 Å². The predicted molar refractivity (Wildman–Crippen MR) is 103 cm³/mol. The smallest absolute Gasteiger partial charge is 0.291 e. The van der Waals surface area contributed by atoms with Gasteiger partial charge in [0.25, 0.3) is 5.91 Å². The number of hydrogen-bond acceptors (Lipinski definition) is 4. The van der Waals surface area contributed by atoms with E-state index in [0.717, 1.165) is 6.42 Å². The Hall–Kier alpha value is -1.64. The van der Waals surface area contributed by atoms with Crippen molar-refractivity contribution >= 4 is 37.5 Å². The third-order valence-electron chi connectivity index (χ3n) is 4.38. The van der Waals surface area contributed by atoms with Crippen molar-refractivity contribution in [2.75, 3.05) is 18.4 Å². The Balaban J connectivity index is 1.73. The van der Waals surface area contributed by atoms with Gasteiger partial charge in [0, 0.05) is 18.8 Å². The molecule has 3 rings (SSSR count). The first-order valence-corrected chi connectivity index (χ1v) is 10.7. The molecule has 1 aromatic heterocycles. The van der Waals surface area contributed by atoms with Gasteiger partial charge in [-0.3, -0.25) is 4.79 Å². The maximum absolute atomic E-state index is 12.9. The monoisotopic (exact) mass is 440 g/mol. The summed E-state index contributed by atoms with van der Waals surface area (Å²) in [5, 5.41) is 2.68. The Morgan fingerprint density at radius 2 is 1.73 bits per heavy atom. The number of amides is 1. The van der Waals surface area contributed by atoms with Crippen molar-refractivity contribution in [3.63, 3.8) is 0 Å². The number of anilines is 1. The molecule has 140 valence electrons. The van der Waals surface area contributed by atoms with Crippen LogP contribution in [-0.4, -0.2) is 31.7 Å². The number of sulfonamides is 1. The van der Waals surface area contributed by atoms with Crippen molar-refractivity contribution in [1.29, 1.82) is 0 Å². The molecule has 2 atom stereocenters. The predicted octanol–water partition coefficient (Wildman–Crippen LogP) is 3.96. The van der Waals surface area contributed by atoms with Crippen LogP contribution >= 0.6 is 15.9 Å². The van der Waals surface area contributed by atoms with Crippen LogP contribution in [0.3, 0.4) is 0 Å². The zero-order valence-corrected chi connectivity index (χ0v) is 17.0. The van der Waals surface area contributed by atoms with E-state index in [1.54, 1.807) is 28.6 Å². The standard InChI is InChI=1S/C18H21BrN2O4S/c1-12-9-13(2)11-21(10-12)26(23,24)15-5-3-14(4-6-15)20-18(22)16-7-8-17(19)25-16/h3-8,12-13H,9-11H2,1-2H3,(H,20,22)/t12-,13+. The number of furan rings is 1. The number of halogens is 1. The van der Waals surface area contributed by atoms with Crippen LogP contribution in [0.4, 0.5) is 5.69 Å². The first-order valence-electron chi connectivity index (χ1n) is 8.42. The van der Waals surface area contributed by atoms with E-state index in [1.807, 2.05) is 0 Å². The summed E-state index contributed by atoms with van der Waals surface area (Å²) in [4.78, 5) is 12.3. The summed E-state index contributed by atoms with van der Waals surface area (Å²) in [5.74, 6) is 0.467. The van der Waals surface area contributed by atoms with Crippen LogP contribution in [0.1, 0.15) is 30.8 Å². The summed E-state index contributed by atoms with van der Waals surface area (Å²) >= 11 is 3.15. The Bertz CT molecular complexity index is 882. The topological polar surface area (TPSA) is 79.6 Å². The summed E-state index contributed by atoms with van der Waals surface area (Å²) in [6.07, 6.45) is 1.04. The highest BCUT2D eigenvalue weighted by Gasteiger charge is 2.31. The molecule has 1 amide bonds. The fraction of sp³-hybridized carbons (Fsp3) is 0.389. The van der Waals surface area contributed by atoms with Crippen LogP contribution in [0, 0.1) is 11.8 Å². The van der Waals surface area contributed by atoms with Gasteiger partial charge in [0.05, 0.1) is 4.90 Å². The van der Waals surface area contributed by atoms with Crippen LogP contribution in [0.25, 0.3) is 0 Å². The molecule has 1 aromatic carbocycles. The van der Waals surface area contributed by atoms with E-state index >= 15 is 0 Å². The van der Waals surface area contributed by atoms with E-state index in [0.29, 0.717) is 35.3 Å². The summed E-state index contributed by atoms with van der Waals surface area (Å²) in [6.45, 7) is 5.23. The quantitative estimate of drug-likeness (QED) is 0.779. The van der Waals surface area contributed by atoms with Gasteiger partial charge in [0.2, 0.25) is 10.0 Å². The first-order chi connectivity index (χ1) is 12.3. The summed E-state index contributed by atoms with van der Waals surface area (Å²) in [6, 6.07) is 9.39. The molecular formula is C18H21BrN2O4S. The van der Waals surface area contributed by atoms with E-state index in [1.165, 1.54) is 12.1 Å². The zero-order chi connectivity index (χ0) is 18.9. The lowest BCUT2D eigenvalue weighted by atomic mass is 9.94. The second kappa shape index (κ2) is 7.54. The minimum atomic E-state index is -3.53. The molecule has 1 fully saturated rings. The number of nitrogens with one attached hydrogen (secondary N) is 1. The van der Waals surface area contributed by atoms with Gasteiger partial charge in [-0.2, -0.15) is 4.31 Å². The van der Waals surface area contributed by atoms with Gasteiger partial charge in [0.1, 0.15) is 0 Å². The fourth-order valence-corrected chi connectivity index (χ4v) is 5.28. The molecule has 0 saturated carbocycles. The highest BCUT2D eigenvalue weighted by molar-refractivity contribution is 9.10. The van der Waals surface area contributed by atoms with E-state index in [4.69, 9.17) is 4.42 Å². The molecule has 1 aliphatic heterocycles. The highest BCUT2D eigenvalue weighted by atomic mass is 79.9. The summed E-state index contributed by atoms with van der Waals surface area (Å²) < 4.78 is 32.9. The van der Waals surface area contributed by atoms with Gasteiger partial charge in [-0.15, -0.1) is 0 Å². The number of carbonyl (C=O) groups is 1. The van der Waals surface area contributed by atoms with Crippen molar-refractivity contribution in [2.45, 2.75) is 25.2 Å². The van der Waals surface area contributed by atoms with Crippen LogP contribution in [0.5, 0.6) is 0 Å². The summed E-state index contributed by atoms with van der Waals surface area (Å²) in [7, 11) is -3.53. The number of benzene rings is 1. The molecule has 0 spiro atoms. The molecule has 0 unspecified atom stereocenters. The third-order valence-corrected chi connectivity index (χ3v) is 6.65. The second-order valence-electron chi connectivity index (χ2n) is 6.85. The van der Waals surface area contributed by atoms with Gasteiger partial charge < -0.3 is 9.73 Å². The first kappa shape index (κ1) is 19.1. The SMILES string of the molecule is C[C@@H]1C[C@H](C)CN(S(=O)(=O)c2ccc(NC(=O)c3ccc(Br)o3)cc2)C1. The van der Waals surface area contributed by atoms with E-state index in [2.05, 4.69) is 35.1 Å². The van der Waals surface area contributed by atoms with Crippen molar-refractivity contribution < 1.29 is 17.6 Å². The fourth-order valence-electron chi connectivity index (χ4n) is 3.29. The number of nitrogens with zero attached hydrogens (tertiary/aromatic N) is 1. The molecule has 26 heavy (non-hydrogen) atoms. The number of hydrogen-bond donors (Lipinski definition) is 1. The van der Waals surface area contributed by atoms with E-state index in [9.17, 15) is 13.2 Å². The van der Waals surface area contributed by atoms with Crippen molar-refractivity contribution in [2.24, 2.45) is 11.8 Å². The Morgan fingerprint density at radius 1 is 1.12 bits per heavy atom. The van der Waals surface area contributed by atoms with Gasteiger partial charge in [-0.25, -0.2) is 8.42 Å². The van der Waals surface area contributed by atoms with Crippen LogP contribution in [0.2, 0.25) is 0 Å². The molecular weight excluding hydrogens is 420 g/mol. The van der Waals surface area contributed by atoms with Gasteiger partial charge in [-0.05, 0) is 70.6 Å². The molecule has 1 aliphatic rings. The maximum atomic E-state index is 12.9. The molecule has 0 radical (unpaired) electrons. The van der Waals surface area contributed by atoms with Crippen molar-refractivity contribution in [3.8, 4) is 0 Å². The molecule has 0 aliphatic carbocycles. The lowest BCUT2D eigenvalue weighted by molar-refractivity contribution is 0.0995. The van der Waals surface area contributed by atoms with Crippen molar-refractivity contribution in [3.05, 3.63) is 46.8 Å². The largest absolute Gasteiger partial charge is 0.444 e.